The zero-order chi connectivity index (χ0) is 15.9. The second kappa shape index (κ2) is 8.29. The lowest BCUT2D eigenvalue weighted by molar-refractivity contribution is 0.232. The van der Waals surface area contributed by atoms with Crippen LogP contribution in [0.5, 0.6) is 0 Å². The van der Waals surface area contributed by atoms with Crippen LogP contribution in [0.3, 0.4) is 0 Å². The number of nitrogens with one attached hydrogen (secondary N) is 2. The van der Waals surface area contributed by atoms with Gasteiger partial charge in [-0.3, -0.25) is 4.99 Å². The lowest BCUT2D eigenvalue weighted by Crippen LogP contribution is -2.42. The normalized spacial score (nSPS) is 19.4. The van der Waals surface area contributed by atoms with E-state index < -0.39 is 0 Å². The Balaban J connectivity index is 1.42. The molecule has 1 aromatic heterocycles. The first-order chi connectivity index (χ1) is 11.4. The monoisotopic (exact) mass is 319 g/mol. The van der Waals surface area contributed by atoms with E-state index in [4.69, 9.17) is 0 Å². The van der Waals surface area contributed by atoms with Crippen LogP contribution < -0.4 is 10.6 Å². The largest absolute Gasteiger partial charge is 0.355 e. The van der Waals surface area contributed by atoms with Gasteiger partial charge in [-0.2, -0.15) is 0 Å². The first kappa shape index (κ1) is 16.2. The van der Waals surface area contributed by atoms with Gasteiger partial charge in [-0.1, -0.05) is 6.42 Å². The molecule has 1 saturated heterocycles. The lowest BCUT2D eigenvalue weighted by Gasteiger charge is -2.26. The second-order valence-corrected chi connectivity index (χ2v) is 6.40. The fourth-order valence-corrected chi connectivity index (χ4v) is 3.40. The molecule has 23 heavy (non-hydrogen) atoms. The maximum absolute atomic E-state index is 4.32. The van der Waals surface area contributed by atoms with Gasteiger partial charge in [-0.15, -0.1) is 10.2 Å². The Morgan fingerprint density at radius 3 is 2.70 bits per heavy atom. The number of nitrogens with zero attached hydrogens (tertiary/aromatic N) is 5. The third-order valence-electron chi connectivity index (χ3n) is 4.74. The number of hydrogen-bond donors (Lipinski definition) is 2. The molecule has 2 aliphatic heterocycles. The summed E-state index contributed by atoms with van der Waals surface area (Å²) >= 11 is 0. The maximum Gasteiger partial charge on any atom is 0.191 e. The third kappa shape index (κ3) is 4.43. The molecule has 0 atom stereocenters. The van der Waals surface area contributed by atoms with Gasteiger partial charge in [-0.25, -0.2) is 0 Å². The number of piperidine rings is 1. The van der Waals surface area contributed by atoms with Crippen molar-refractivity contribution in [1.82, 2.24) is 30.3 Å². The van der Waals surface area contributed by atoms with Gasteiger partial charge in [0.2, 0.25) is 0 Å². The minimum Gasteiger partial charge on any atom is -0.355 e. The van der Waals surface area contributed by atoms with E-state index in [0.717, 1.165) is 43.7 Å². The fraction of sp³-hybridized carbons (Fsp3) is 0.812. The molecule has 0 radical (unpaired) electrons. The summed E-state index contributed by atoms with van der Waals surface area (Å²) in [5, 5.41) is 15.4. The van der Waals surface area contributed by atoms with Crippen LogP contribution in [-0.4, -0.2) is 58.9 Å². The van der Waals surface area contributed by atoms with Crippen molar-refractivity contribution in [2.24, 2.45) is 4.99 Å². The molecule has 0 bridgehead atoms. The number of aliphatic imine (C=N–C) groups is 1. The van der Waals surface area contributed by atoms with Crippen molar-refractivity contribution in [3.8, 4) is 0 Å². The Bertz CT molecular complexity index is 516. The van der Waals surface area contributed by atoms with Crippen LogP contribution in [0.15, 0.2) is 4.99 Å². The van der Waals surface area contributed by atoms with Crippen LogP contribution in [0.1, 0.15) is 43.8 Å². The minimum atomic E-state index is 0.677. The molecule has 0 spiro atoms. The van der Waals surface area contributed by atoms with E-state index in [1.807, 2.05) is 7.05 Å². The van der Waals surface area contributed by atoms with Gasteiger partial charge in [-0.05, 0) is 38.8 Å². The highest BCUT2D eigenvalue weighted by Crippen LogP contribution is 2.13. The minimum absolute atomic E-state index is 0.677. The molecule has 7 heteroatoms. The molecular weight excluding hydrogens is 290 g/mol. The smallest absolute Gasteiger partial charge is 0.191 e. The van der Waals surface area contributed by atoms with Crippen molar-refractivity contribution in [2.45, 2.75) is 51.6 Å². The molecule has 7 nitrogen and oxygen atoms in total. The summed E-state index contributed by atoms with van der Waals surface area (Å²) in [5.41, 5.74) is 0. The molecule has 3 rings (SSSR count). The van der Waals surface area contributed by atoms with Gasteiger partial charge in [0, 0.05) is 33.1 Å². The second-order valence-electron chi connectivity index (χ2n) is 6.40. The topological polar surface area (TPSA) is 70.4 Å². The molecular formula is C16H29N7. The quantitative estimate of drug-likeness (QED) is 0.619. The van der Waals surface area contributed by atoms with E-state index in [-0.39, 0.29) is 0 Å². The number of guanidine groups is 1. The predicted molar refractivity (Wildman–Crippen MR) is 91.5 cm³/mol. The van der Waals surface area contributed by atoms with Crippen LogP contribution in [0.25, 0.3) is 0 Å². The highest BCUT2D eigenvalue weighted by molar-refractivity contribution is 5.79. The van der Waals surface area contributed by atoms with Crippen molar-refractivity contribution in [3.63, 3.8) is 0 Å². The summed E-state index contributed by atoms with van der Waals surface area (Å²) in [7, 11) is 1.81. The maximum atomic E-state index is 4.32. The van der Waals surface area contributed by atoms with E-state index in [2.05, 4.69) is 35.3 Å². The van der Waals surface area contributed by atoms with Crippen molar-refractivity contribution < 1.29 is 0 Å². The van der Waals surface area contributed by atoms with Crippen LogP contribution in [0, 0.1) is 0 Å². The molecule has 1 aromatic rings. The SMILES string of the molecule is CN=C(NCCN1CCCCC1)NCc1nnc2n1CCCC2. The first-order valence-electron chi connectivity index (χ1n) is 8.94. The van der Waals surface area contributed by atoms with Gasteiger partial charge >= 0.3 is 0 Å². The molecule has 0 saturated carbocycles. The van der Waals surface area contributed by atoms with Gasteiger partial charge in [0.25, 0.3) is 0 Å². The number of aryl methyl sites for hydroxylation is 1. The predicted octanol–water partition coefficient (Wildman–Crippen LogP) is 0.765. The Morgan fingerprint density at radius 2 is 1.87 bits per heavy atom. The number of fused-ring (bicyclic) bond motifs is 1. The Kier molecular flexibility index (Phi) is 5.85. The molecule has 0 amide bonds. The molecule has 2 aliphatic rings. The average molecular weight is 319 g/mol. The average Bonchev–Trinajstić information content (AvgIpc) is 3.02. The molecule has 0 unspecified atom stereocenters. The molecule has 3 heterocycles. The highest BCUT2D eigenvalue weighted by Gasteiger charge is 2.15. The first-order valence-corrected chi connectivity index (χ1v) is 8.94. The number of hydrogen-bond acceptors (Lipinski definition) is 4. The summed E-state index contributed by atoms with van der Waals surface area (Å²) in [5.74, 6) is 2.98. The van der Waals surface area contributed by atoms with Gasteiger partial charge in [0.05, 0.1) is 6.54 Å². The van der Waals surface area contributed by atoms with Crippen LogP contribution in [-0.2, 0) is 19.5 Å². The summed E-state index contributed by atoms with van der Waals surface area (Å²) in [6.07, 6.45) is 7.56. The van der Waals surface area contributed by atoms with Crippen LogP contribution in [0.2, 0.25) is 0 Å². The number of aromatic nitrogens is 3. The Hall–Kier alpha value is -1.63. The van der Waals surface area contributed by atoms with E-state index in [0.29, 0.717) is 6.54 Å². The molecule has 2 N–H and O–H groups in total. The van der Waals surface area contributed by atoms with Crippen molar-refractivity contribution in [1.29, 1.82) is 0 Å². The van der Waals surface area contributed by atoms with E-state index in [9.17, 15) is 0 Å². The molecule has 0 aliphatic carbocycles. The molecule has 1 fully saturated rings. The standard InChI is InChI=1S/C16H29N7/c1-17-16(18-8-12-22-9-4-2-5-10-22)19-13-15-21-20-14-7-3-6-11-23(14)15/h2-13H2,1H3,(H2,17,18,19). The van der Waals surface area contributed by atoms with E-state index in [1.165, 1.54) is 45.2 Å². The third-order valence-corrected chi connectivity index (χ3v) is 4.74. The van der Waals surface area contributed by atoms with Crippen LogP contribution >= 0.6 is 0 Å². The van der Waals surface area contributed by atoms with Crippen molar-refractivity contribution >= 4 is 5.96 Å². The van der Waals surface area contributed by atoms with Gasteiger partial charge in [0.1, 0.15) is 5.82 Å². The Labute approximate surface area is 138 Å². The van der Waals surface area contributed by atoms with Gasteiger partial charge in [0.15, 0.2) is 11.8 Å². The summed E-state index contributed by atoms with van der Waals surface area (Å²) in [6, 6.07) is 0. The number of likely N-dealkylation sites (tertiary alicyclic amines) is 1. The van der Waals surface area contributed by atoms with Crippen molar-refractivity contribution in [3.05, 3.63) is 11.6 Å². The lowest BCUT2D eigenvalue weighted by atomic mass is 10.1. The summed E-state index contributed by atoms with van der Waals surface area (Å²) < 4.78 is 2.25. The van der Waals surface area contributed by atoms with Crippen molar-refractivity contribution in [2.75, 3.05) is 33.2 Å². The van der Waals surface area contributed by atoms with E-state index in [1.54, 1.807) is 0 Å². The summed E-state index contributed by atoms with van der Waals surface area (Å²) in [6.45, 7) is 6.20. The van der Waals surface area contributed by atoms with Gasteiger partial charge < -0.3 is 20.1 Å². The summed E-state index contributed by atoms with van der Waals surface area (Å²) in [4.78, 5) is 6.83. The molecule has 128 valence electrons. The van der Waals surface area contributed by atoms with Crippen LogP contribution in [0.4, 0.5) is 0 Å². The highest BCUT2D eigenvalue weighted by atomic mass is 15.3. The fourth-order valence-electron chi connectivity index (χ4n) is 3.40. The Morgan fingerprint density at radius 1 is 1.04 bits per heavy atom. The zero-order valence-electron chi connectivity index (χ0n) is 14.2. The molecule has 0 aromatic carbocycles. The number of rotatable bonds is 5. The zero-order valence-corrected chi connectivity index (χ0v) is 14.2. The van der Waals surface area contributed by atoms with E-state index >= 15 is 0 Å².